The van der Waals surface area contributed by atoms with Gasteiger partial charge in [0.25, 0.3) is 0 Å². The standard InChI is InChI=1S/C25H37F5OSi/c1-2-13-32-14-11-21(12-15-32)20-9-7-18(8-10-20)5-3-4-6-19-16-22(26)24(23(27)17-19)31-25(28,29)30/h16-18,20-21,32H,2-15H2,1H3. The number of alkyl halides is 3. The van der Waals surface area contributed by atoms with Crippen molar-refractivity contribution in [2.45, 2.75) is 102 Å². The van der Waals surface area contributed by atoms with E-state index < -0.39 is 32.5 Å². The number of hydrogen-bond donors (Lipinski definition) is 0. The highest BCUT2D eigenvalue weighted by atomic mass is 28.3. The molecule has 32 heavy (non-hydrogen) atoms. The zero-order valence-electron chi connectivity index (χ0n) is 19.2. The molecule has 1 saturated heterocycles. The Morgan fingerprint density at radius 1 is 0.906 bits per heavy atom. The van der Waals surface area contributed by atoms with Gasteiger partial charge < -0.3 is 4.74 Å². The fraction of sp³-hybridized carbons (Fsp3) is 0.760. The van der Waals surface area contributed by atoms with Gasteiger partial charge in [0, 0.05) is 8.80 Å². The van der Waals surface area contributed by atoms with Crippen LogP contribution in [-0.4, -0.2) is 15.2 Å². The summed E-state index contributed by atoms with van der Waals surface area (Å²) in [5.74, 6) is -1.35. The number of unbranched alkanes of at least 4 members (excludes halogenated alkanes) is 1. The SMILES string of the molecule is CCC[SiH]1CCC(C2CCC(CCCCc3cc(F)c(OC(F)(F)F)c(F)c3)CC2)CC1. The van der Waals surface area contributed by atoms with Gasteiger partial charge in [-0.25, -0.2) is 8.78 Å². The lowest BCUT2D eigenvalue weighted by molar-refractivity contribution is -0.276. The van der Waals surface area contributed by atoms with E-state index in [0.717, 1.165) is 49.1 Å². The van der Waals surface area contributed by atoms with Crippen molar-refractivity contribution in [3.63, 3.8) is 0 Å². The average molecular weight is 477 g/mol. The molecule has 0 radical (unpaired) electrons. The second-order valence-corrected chi connectivity index (χ2v) is 13.5. The molecule has 2 aliphatic rings. The van der Waals surface area contributed by atoms with Gasteiger partial charge in [-0.05, 0) is 61.1 Å². The van der Waals surface area contributed by atoms with Crippen LogP contribution in [0.15, 0.2) is 12.1 Å². The van der Waals surface area contributed by atoms with Crippen LogP contribution in [0.1, 0.15) is 76.7 Å². The smallest absolute Gasteiger partial charge is 0.399 e. The third-order valence-electron chi connectivity index (χ3n) is 7.75. The van der Waals surface area contributed by atoms with Gasteiger partial charge >= 0.3 is 6.36 Å². The third kappa shape index (κ3) is 7.74. The Kier molecular flexibility index (Phi) is 9.44. The first-order valence-corrected chi connectivity index (χ1v) is 14.9. The molecule has 0 atom stereocenters. The van der Waals surface area contributed by atoms with Crippen molar-refractivity contribution in [1.29, 1.82) is 0 Å². The highest BCUT2D eigenvalue weighted by Crippen LogP contribution is 2.42. The Morgan fingerprint density at radius 2 is 1.50 bits per heavy atom. The summed E-state index contributed by atoms with van der Waals surface area (Å²) in [5, 5.41) is 0. The van der Waals surface area contributed by atoms with E-state index in [1.165, 1.54) is 51.0 Å². The van der Waals surface area contributed by atoms with Crippen molar-refractivity contribution in [2.24, 2.45) is 17.8 Å². The number of hydrogen-bond acceptors (Lipinski definition) is 1. The van der Waals surface area contributed by atoms with Crippen LogP contribution in [0.2, 0.25) is 18.1 Å². The van der Waals surface area contributed by atoms with Gasteiger partial charge in [-0.2, -0.15) is 0 Å². The van der Waals surface area contributed by atoms with Crippen LogP contribution in [0, 0.1) is 29.4 Å². The molecule has 0 amide bonds. The van der Waals surface area contributed by atoms with E-state index in [0.29, 0.717) is 12.0 Å². The lowest BCUT2D eigenvalue weighted by Gasteiger charge is -2.37. The van der Waals surface area contributed by atoms with E-state index in [-0.39, 0.29) is 0 Å². The van der Waals surface area contributed by atoms with Crippen molar-refractivity contribution in [3.05, 3.63) is 29.3 Å². The Morgan fingerprint density at radius 3 is 2.06 bits per heavy atom. The summed E-state index contributed by atoms with van der Waals surface area (Å²) in [6.45, 7) is 2.32. The van der Waals surface area contributed by atoms with Gasteiger partial charge in [0.15, 0.2) is 11.6 Å². The summed E-state index contributed by atoms with van der Waals surface area (Å²) in [4.78, 5) is 0. The van der Waals surface area contributed by atoms with E-state index in [2.05, 4.69) is 11.7 Å². The Hall–Kier alpha value is -1.11. The average Bonchev–Trinajstić information content (AvgIpc) is 2.74. The molecule has 1 heterocycles. The fourth-order valence-corrected chi connectivity index (χ4v) is 9.52. The predicted octanol–water partition coefficient (Wildman–Crippen LogP) is 8.43. The van der Waals surface area contributed by atoms with Crippen LogP contribution in [0.25, 0.3) is 0 Å². The topological polar surface area (TPSA) is 9.23 Å². The maximum Gasteiger partial charge on any atom is 0.573 e. The van der Waals surface area contributed by atoms with E-state index in [1.54, 1.807) is 12.1 Å². The van der Waals surface area contributed by atoms with Crippen LogP contribution in [0.3, 0.4) is 0 Å². The number of rotatable bonds is 9. The molecule has 2 fully saturated rings. The second-order valence-electron chi connectivity index (χ2n) is 10.0. The number of benzene rings is 1. The van der Waals surface area contributed by atoms with Gasteiger partial charge in [0.2, 0.25) is 5.75 Å². The normalized spacial score (nSPS) is 26.8. The van der Waals surface area contributed by atoms with E-state index in [1.807, 2.05) is 0 Å². The Balaban J connectivity index is 1.34. The molecule has 0 N–H and O–H groups in total. The van der Waals surface area contributed by atoms with Gasteiger partial charge in [0.05, 0.1) is 0 Å². The first-order valence-electron chi connectivity index (χ1n) is 12.5. The molecule has 1 aliphatic carbocycles. The minimum atomic E-state index is -5.11. The van der Waals surface area contributed by atoms with Crippen LogP contribution in [0.4, 0.5) is 22.0 Å². The summed E-state index contributed by atoms with van der Waals surface area (Å²) in [6.07, 6.45) is 7.86. The third-order valence-corrected chi connectivity index (χ3v) is 11.4. The molecular formula is C25H37F5OSi. The highest BCUT2D eigenvalue weighted by Gasteiger charge is 2.34. The Labute approximate surface area is 190 Å². The molecule has 1 aliphatic heterocycles. The molecule has 7 heteroatoms. The zero-order chi connectivity index (χ0) is 23.1. The number of halogens is 5. The summed E-state index contributed by atoms with van der Waals surface area (Å²) in [5.41, 5.74) is 0.375. The fourth-order valence-electron chi connectivity index (χ4n) is 6.04. The van der Waals surface area contributed by atoms with Gasteiger partial charge in [-0.15, -0.1) is 13.2 Å². The van der Waals surface area contributed by atoms with Crippen molar-refractivity contribution in [2.75, 3.05) is 0 Å². The van der Waals surface area contributed by atoms with Crippen LogP contribution >= 0.6 is 0 Å². The van der Waals surface area contributed by atoms with Crippen LogP contribution in [-0.2, 0) is 6.42 Å². The quantitative estimate of drug-likeness (QED) is 0.197. The van der Waals surface area contributed by atoms with Crippen molar-refractivity contribution in [3.8, 4) is 5.75 Å². The maximum atomic E-state index is 13.8. The molecule has 1 nitrogen and oxygen atoms in total. The van der Waals surface area contributed by atoms with Crippen LogP contribution in [0.5, 0.6) is 5.75 Å². The Bertz CT molecular complexity index is 684. The highest BCUT2D eigenvalue weighted by molar-refractivity contribution is 6.58. The molecule has 1 saturated carbocycles. The maximum absolute atomic E-state index is 13.8. The van der Waals surface area contributed by atoms with Crippen LogP contribution < -0.4 is 4.74 Å². The largest absolute Gasteiger partial charge is 0.573 e. The minimum absolute atomic E-state index is 0.375. The monoisotopic (exact) mass is 476 g/mol. The summed E-state index contributed by atoms with van der Waals surface area (Å²) < 4.78 is 67.8. The molecule has 1 aromatic carbocycles. The summed E-state index contributed by atoms with van der Waals surface area (Å²) >= 11 is 0. The molecule has 1 aromatic rings. The number of aryl methyl sites for hydroxylation is 1. The van der Waals surface area contributed by atoms with E-state index in [4.69, 9.17) is 0 Å². The molecule has 0 aromatic heterocycles. The zero-order valence-corrected chi connectivity index (χ0v) is 20.3. The second kappa shape index (κ2) is 11.8. The van der Waals surface area contributed by atoms with Crippen molar-refractivity contribution >= 4 is 8.80 Å². The summed E-state index contributed by atoms with van der Waals surface area (Å²) in [6, 6.07) is 6.55. The lowest BCUT2D eigenvalue weighted by Crippen LogP contribution is -2.28. The molecule has 0 spiro atoms. The van der Waals surface area contributed by atoms with E-state index >= 15 is 0 Å². The lowest BCUT2D eigenvalue weighted by atomic mass is 9.73. The summed E-state index contributed by atoms with van der Waals surface area (Å²) in [7, 11) is -0.400. The van der Waals surface area contributed by atoms with Gasteiger partial charge in [-0.1, -0.05) is 70.0 Å². The first-order chi connectivity index (χ1) is 15.2. The molecular weight excluding hydrogens is 439 g/mol. The minimum Gasteiger partial charge on any atom is -0.399 e. The van der Waals surface area contributed by atoms with Gasteiger partial charge in [-0.3, -0.25) is 0 Å². The van der Waals surface area contributed by atoms with Crippen molar-refractivity contribution < 1.29 is 26.7 Å². The molecule has 3 rings (SSSR count). The molecule has 0 unspecified atom stereocenters. The predicted molar refractivity (Wildman–Crippen MR) is 121 cm³/mol. The first kappa shape index (κ1) is 25.5. The van der Waals surface area contributed by atoms with E-state index in [9.17, 15) is 22.0 Å². The van der Waals surface area contributed by atoms with Gasteiger partial charge in [0.1, 0.15) is 0 Å². The number of ether oxygens (including phenoxy) is 1. The van der Waals surface area contributed by atoms with Crippen molar-refractivity contribution in [1.82, 2.24) is 0 Å². The molecule has 182 valence electrons. The molecule has 0 bridgehead atoms.